The number of methoxy groups -OCH3 is 2. The van der Waals surface area contributed by atoms with Gasteiger partial charge in [0.15, 0.2) is 0 Å². The van der Waals surface area contributed by atoms with E-state index in [0.29, 0.717) is 0 Å². The highest BCUT2D eigenvalue weighted by atomic mass is 16.5. The van der Waals surface area contributed by atoms with Crippen LogP contribution < -0.4 is 14.4 Å². The van der Waals surface area contributed by atoms with E-state index in [4.69, 9.17) is 9.47 Å². The van der Waals surface area contributed by atoms with E-state index in [1.165, 1.54) is 0 Å². The minimum Gasteiger partial charge on any atom is -0.496 e. The lowest BCUT2D eigenvalue weighted by atomic mass is 9.96. The van der Waals surface area contributed by atoms with Gasteiger partial charge in [-0.2, -0.15) is 0 Å². The fraction of sp³-hybridized carbons (Fsp3) is 0.294. The van der Waals surface area contributed by atoms with Crippen LogP contribution in [0.5, 0.6) is 11.5 Å². The molecule has 0 fully saturated rings. The third-order valence-electron chi connectivity index (χ3n) is 3.47. The summed E-state index contributed by atoms with van der Waals surface area (Å²) in [6.07, 6.45) is 0. The van der Waals surface area contributed by atoms with Crippen LogP contribution in [-0.2, 0) is 0 Å². The van der Waals surface area contributed by atoms with E-state index < -0.39 is 0 Å². The third kappa shape index (κ3) is 2.44. The van der Waals surface area contributed by atoms with Crippen molar-refractivity contribution in [2.75, 3.05) is 33.2 Å². The SMILES string of the molecule is COc1ccc(OC)c(-c2ccccc2N(C)C)c1C. The van der Waals surface area contributed by atoms with Crippen molar-refractivity contribution in [2.24, 2.45) is 0 Å². The molecule has 3 nitrogen and oxygen atoms in total. The lowest BCUT2D eigenvalue weighted by Gasteiger charge is -2.21. The summed E-state index contributed by atoms with van der Waals surface area (Å²) in [5.74, 6) is 1.73. The highest BCUT2D eigenvalue weighted by Crippen LogP contribution is 2.41. The van der Waals surface area contributed by atoms with Gasteiger partial charge in [-0.3, -0.25) is 0 Å². The zero-order valence-electron chi connectivity index (χ0n) is 12.7. The zero-order chi connectivity index (χ0) is 14.7. The predicted molar refractivity (Wildman–Crippen MR) is 84.0 cm³/mol. The van der Waals surface area contributed by atoms with Crippen LogP contribution in [0, 0.1) is 6.92 Å². The van der Waals surface area contributed by atoms with Gasteiger partial charge in [0.25, 0.3) is 0 Å². The molecule has 0 aliphatic carbocycles. The average molecular weight is 271 g/mol. The first-order chi connectivity index (χ1) is 9.60. The summed E-state index contributed by atoms with van der Waals surface area (Å²) >= 11 is 0. The summed E-state index contributed by atoms with van der Waals surface area (Å²) < 4.78 is 11.0. The molecule has 2 rings (SSSR count). The predicted octanol–water partition coefficient (Wildman–Crippen LogP) is 3.75. The van der Waals surface area contributed by atoms with Gasteiger partial charge < -0.3 is 14.4 Å². The first-order valence-electron chi connectivity index (χ1n) is 6.58. The van der Waals surface area contributed by atoms with Crippen LogP contribution in [0.25, 0.3) is 11.1 Å². The molecule has 0 saturated carbocycles. The molecule has 0 aliphatic heterocycles. The minimum atomic E-state index is 0.859. The molecule has 2 aromatic carbocycles. The van der Waals surface area contributed by atoms with Crippen molar-refractivity contribution in [2.45, 2.75) is 6.92 Å². The molecule has 3 heteroatoms. The Morgan fingerprint density at radius 3 is 2.05 bits per heavy atom. The smallest absolute Gasteiger partial charge is 0.127 e. The quantitative estimate of drug-likeness (QED) is 0.845. The van der Waals surface area contributed by atoms with Crippen molar-refractivity contribution < 1.29 is 9.47 Å². The first-order valence-corrected chi connectivity index (χ1v) is 6.58. The van der Waals surface area contributed by atoms with Crippen molar-refractivity contribution >= 4 is 5.69 Å². The van der Waals surface area contributed by atoms with E-state index >= 15 is 0 Å². The maximum Gasteiger partial charge on any atom is 0.127 e. The molecule has 0 bridgehead atoms. The molecule has 20 heavy (non-hydrogen) atoms. The number of nitrogens with zero attached hydrogens (tertiary/aromatic N) is 1. The van der Waals surface area contributed by atoms with Crippen molar-refractivity contribution in [1.82, 2.24) is 0 Å². The number of rotatable bonds is 4. The van der Waals surface area contributed by atoms with Gasteiger partial charge in [-0.05, 0) is 25.1 Å². The van der Waals surface area contributed by atoms with E-state index in [0.717, 1.165) is 33.9 Å². The Morgan fingerprint density at radius 1 is 0.850 bits per heavy atom. The second kappa shape index (κ2) is 5.87. The number of anilines is 1. The van der Waals surface area contributed by atoms with Crippen LogP contribution in [0.2, 0.25) is 0 Å². The van der Waals surface area contributed by atoms with E-state index in [-0.39, 0.29) is 0 Å². The van der Waals surface area contributed by atoms with Gasteiger partial charge in [0.2, 0.25) is 0 Å². The molecule has 0 aromatic heterocycles. The molecule has 0 aliphatic rings. The molecule has 0 radical (unpaired) electrons. The minimum absolute atomic E-state index is 0.859. The number of benzene rings is 2. The van der Waals surface area contributed by atoms with Gasteiger partial charge in [0, 0.05) is 36.5 Å². The van der Waals surface area contributed by atoms with E-state index in [1.807, 2.05) is 38.4 Å². The van der Waals surface area contributed by atoms with Crippen LogP contribution in [0.15, 0.2) is 36.4 Å². The van der Waals surface area contributed by atoms with Gasteiger partial charge in [-0.15, -0.1) is 0 Å². The highest BCUT2D eigenvalue weighted by Gasteiger charge is 2.16. The molecule has 0 saturated heterocycles. The van der Waals surface area contributed by atoms with Crippen molar-refractivity contribution in [1.29, 1.82) is 0 Å². The molecule has 106 valence electrons. The highest BCUT2D eigenvalue weighted by molar-refractivity contribution is 5.85. The van der Waals surface area contributed by atoms with E-state index in [9.17, 15) is 0 Å². The Labute approximate surface area is 120 Å². The summed E-state index contributed by atoms with van der Waals surface area (Å²) in [6.45, 7) is 2.06. The van der Waals surface area contributed by atoms with Crippen molar-refractivity contribution in [3.8, 4) is 22.6 Å². The Bertz CT molecular complexity index is 606. The number of para-hydroxylation sites is 1. The lowest BCUT2D eigenvalue weighted by Crippen LogP contribution is -2.10. The summed E-state index contributed by atoms with van der Waals surface area (Å²) in [6, 6.07) is 12.2. The normalized spacial score (nSPS) is 10.2. The molecule has 0 unspecified atom stereocenters. The Balaban J connectivity index is 2.74. The molecule has 0 spiro atoms. The van der Waals surface area contributed by atoms with Crippen LogP contribution in [0.4, 0.5) is 5.69 Å². The Morgan fingerprint density at radius 2 is 1.45 bits per heavy atom. The summed E-state index contributed by atoms with van der Waals surface area (Å²) in [5, 5.41) is 0. The monoisotopic (exact) mass is 271 g/mol. The number of ether oxygens (including phenoxy) is 2. The van der Waals surface area contributed by atoms with Crippen LogP contribution >= 0.6 is 0 Å². The molecule has 0 heterocycles. The second-order valence-electron chi connectivity index (χ2n) is 4.88. The Hall–Kier alpha value is -2.16. The Kier molecular flexibility index (Phi) is 4.18. The standard InChI is InChI=1S/C17H21NO2/c1-12-15(19-4)10-11-16(20-5)17(12)13-8-6-7-9-14(13)18(2)3/h6-11H,1-5H3. The molecule has 2 aromatic rings. The van der Waals surface area contributed by atoms with Gasteiger partial charge >= 0.3 is 0 Å². The molecule has 0 N–H and O–H groups in total. The van der Waals surface area contributed by atoms with Crippen LogP contribution in [0.3, 0.4) is 0 Å². The lowest BCUT2D eigenvalue weighted by molar-refractivity contribution is 0.402. The first kappa shape index (κ1) is 14.3. The van der Waals surface area contributed by atoms with Gasteiger partial charge in [-0.25, -0.2) is 0 Å². The molecular formula is C17H21NO2. The van der Waals surface area contributed by atoms with Crippen molar-refractivity contribution in [3.63, 3.8) is 0 Å². The third-order valence-corrected chi connectivity index (χ3v) is 3.47. The number of hydrogen-bond donors (Lipinski definition) is 0. The van der Waals surface area contributed by atoms with Gasteiger partial charge in [0.05, 0.1) is 14.2 Å². The topological polar surface area (TPSA) is 21.7 Å². The van der Waals surface area contributed by atoms with Gasteiger partial charge in [0.1, 0.15) is 11.5 Å². The van der Waals surface area contributed by atoms with Crippen LogP contribution in [-0.4, -0.2) is 28.3 Å². The fourth-order valence-electron chi connectivity index (χ4n) is 2.47. The largest absolute Gasteiger partial charge is 0.496 e. The van der Waals surface area contributed by atoms with Gasteiger partial charge in [-0.1, -0.05) is 18.2 Å². The van der Waals surface area contributed by atoms with Crippen molar-refractivity contribution in [3.05, 3.63) is 42.0 Å². The second-order valence-corrected chi connectivity index (χ2v) is 4.88. The average Bonchev–Trinajstić information content (AvgIpc) is 2.46. The summed E-state index contributed by atoms with van der Waals surface area (Å²) in [4.78, 5) is 2.10. The maximum absolute atomic E-state index is 5.54. The zero-order valence-corrected chi connectivity index (χ0v) is 12.7. The summed E-state index contributed by atoms with van der Waals surface area (Å²) in [5.41, 5.74) is 4.46. The van der Waals surface area contributed by atoms with E-state index in [1.54, 1.807) is 14.2 Å². The van der Waals surface area contributed by atoms with E-state index in [2.05, 4.69) is 24.0 Å². The maximum atomic E-state index is 5.54. The fourth-order valence-corrected chi connectivity index (χ4v) is 2.47. The summed E-state index contributed by atoms with van der Waals surface area (Å²) in [7, 11) is 7.47. The van der Waals surface area contributed by atoms with Crippen LogP contribution in [0.1, 0.15) is 5.56 Å². The number of hydrogen-bond acceptors (Lipinski definition) is 3. The molecular weight excluding hydrogens is 250 g/mol. The molecule has 0 amide bonds. The molecule has 0 atom stereocenters.